The molecule has 3 rings (SSSR count). The largest absolute Gasteiger partial charge is 0.357 e. The summed E-state index contributed by atoms with van der Waals surface area (Å²) in [6.45, 7) is 5.57. The molecular weight excluding hydrogens is 487 g/mol. The van der Waals surface area contributed by atoms with Crippen molar-refractivity contribution in [3.05, 3.63) is 71.3 Å². The predicted octanol–water partition coefficient (Wildman–Crippen LogP) is 4.08. The van der Waals surface area contributed by atoms with Crippen LogP contribution in [-0.2, 0) is 13.0 Å². The van der Waals surface area contributed by atoms with Gasteiger partial charge in [-0.3, -0.25) is 4.79 Å². The fourth-order valence-electron chi connectivity index (χ4n) is 3.84. The maximum absolute atomic E-state index is 11.8. The Labute approximate surface area is 197 Å². The van der Waals surface area contributed by atoms with Gasteiger partial charge in [0.25, 0.3) is 5.91 Å². The first kappa shape index (κ1) is 24.2. The molecule has 30 heavy (non-hydrogen) atoms. The van der Waals surface area contributed by atoms with E-state index in [0.29, 0.717) is 12.1 Å². The summed E-state index contributed by atoms with van der Waals surface area (Å²) in [4.78, 5) is 19.1. The first-order valence-corrected chi connectivity index (χ1v) is 10.6. The third kappa shape index (κ3) is 7.00. The Hall–Kier alpha value is -2.09. The van der Waals surface area contributed by atoms with Crippen LogP contribution in [0.25, 0.3) is 0 Å². The molecular formula is C24H33IN4O. The topological polar surface area (TPSA) is 56.7 Å². The average molecular weight is 520 g/mol. The van der Waals surface area contributed by atoms with Gasteiger partial charge in [0.1, 0.15) is 0 Å². The van der Waals surface area contributed by atoms with E-state index in [0.717, 1.165) is 43.5 Å². The number of carbonyl (C=O) groups excluding carboxylic acids is 1. The van der Waals surface area contributed by atoms with Crippen molar-refractivity contribution < 1.29 is 4.79 Å². The molecule has 1 saturated heterocycles. The van der Waals surface area contributed by atoms with Gasteiger partial charge in [-0.05, 0) is 55.4 Å². The third-order valence-corrected chi connectivity index (χ3v) is 5.44. The summed E-state index contributed by atoms with van der Waals surface area (Å²) in [5, 5.41) is 6.10. The number of nitrogens with one attached hydrogen (secondary N) is 2. The van der Waals surface area contributed by atoms with Crippen LogP contribution in [-0.4, -0.2) is 43.4 Å². The van der Waals surface area contributed by atoms with Gasteiger partial charge in [-0.2, -0.15) is 0 Å². The molecule has 2 aromatic rings. The van der Waals surface area contributed by atoms with Gasteiger partial charge in [0.05, 0.1) is 6.54 Å². The molecule has 162 valence electrons. The molecule has 1 fully saturated rings. The van der Waals surface area contributed by atoms with Gasteiger partial charge in [-0.1, -0.05) is 42.5 Å². The van der Waals surface area contributed by atoms with Crippen LogP contribution in [0.2, 0.25) is 0 Å². The summed E-state index contributed by atoms with van der Waals surface area (Å²) in [5.74, 6) is 1.64. The number of hydrogen-bond acceptors (Lipinski definition) is 2. The predicted molar refractivity (Wildman–Crippen MR) is 135 cm³/mol. The molecule has 1 aliphatic rings. The molecule has 0 spiro atoms. The molecule has 2 aromatic carbocycles. The van der Waals surface area contributed by atoms with Crippen molar-refractivity contribution in [2.24, 2.45) is 10.9 Å². The molecule has 6 heteroatoms. The zero-order valence-corrected chi connectivity index (χ0v) is 20.3. The zero-order valence-electron chi connectivity index (χ0n) is 17.9. The summed E-state index contributed by atoms with van der Waals surface area (Å²) >= 11 is 0. The van der Waals surface area contributed by atoms with E-state index in [2.05, 4.69) is 52.8 Å². The fraction of sp³-hybridized carbons (Fsp3) is 0.417. The highest BCUT2D eigenvalue weighted by Gasteiger charge is 2.21. The van der Waals surface area contributed by atoms with E-state index in [1.165, 1.54) is 18.4 Å². The summed E-state index contributed by atoms with van der Waals surface area (Å²) in [7, 11) is 1.65. The fourth-order valence-corrected chi connectivity index (χ4v) is 3.84. The molecule has 0 radical (unpaired) electrons. The van der Waals surface area contributed by atoms with Crippen molar-refractivity contribution in [2.75, 3.05) is 26.7 Å². The standard InChI is InChI=1S/C24H32N4O.HI/c1-3-26-24(27-18-21-10-7-11-22(17-21)23(29)25-2)28-14-12-20(13-15-28)16-19-8-5-4-6-9-19;/h4-11,17,20H,3,12-16,18H2,1-2H3,(H,25,29)(H,26,27);1H. The normalized spacial score (nSPS) is 14.7. The molecule has 1 aliphatic heterocycles. The molecule has 0 atom stereocenters. The van der Waals surface area contributed by atoms with E-state index in [1.54, 1.807) is 7.05 Å². The molecule has 1 amide bonds. The summed E-state index contributed by atoms with van der Waals surface area (Å²) in [6.07, 6.45) is 3.53. The van der Waals surface area contributed by atoms with Crippen molar-refractivity contribution in [1.29, 1.82) is 0 Å². The van der Waals surface area contributed by atoms with Crippen molar-refractivity contribution in [2.45, 2.75) is 32.7 Å². The Balaban J connectivity index is 0.00000320. The molecule has 0 saturated carbocycles. The lowest BCUT2D eigenvalue weighted by Crippen LogP contribution is -2.45. The number of guanidine groups is 1. The molecule has 0 unspecified atom stereocenters. The molecule has 0 bridgehead atoms. The van der Waals surface area contributed by atoms with E-state index < -0.39 is 0 Å². The van der Waals surface area contributed by atoms with Gasteiger partial charge < -0.3 is 15.5 Å². The number of hydrogen-bond donors (Lipinski definition) is 2. The highest BCUT2D eigenvalue weighted by atomic mass is 127. The third-order valence-electron chi connectivity index (χ3n) is 5.44. The molecule has 0 aliphatic carbocycles. The second kappa shape index (κ2) is 12.6. The quantitative estimate of drug-likeness (QED) is 0.343. The Morgan fingerprint density at radius 1 is 1.07 bits per heavy atom. The van der Waals surface area contributed by atoms with Crippen LogP contribution in [0, 0.1) is 5.92 Å². The smallest absolute Gasteiger partial charge is 0.251 e. The summed E-state index contributed by atoms with van der Waals surface area (Å²) in [5.41, 5.74) is 3.15. The number of benzene rings is 2. The molecule has 5 nitrogen and oxygen atoms in total. The van der Waals surface area contributed by atoms with Crippen molar-refractivity contribution in [3.8, 4) is 0 Å². The van der Waals surface area contributed by atoms with Crippen LogP contribution in [0.1, 0.15) is 41.3 Å². The van der Waals surface area contributed by atoms with Crippen LogP contribution < -0.4 is 10.6 Å². The van der Waals surface area contributed by atoms with Gasteiger partial charge in [-0.15, -0.1) is 24.0 Å². The van der Waals surface area contributed by atoms with E-state index >= 15 is 0 Å². The van der Waals surface area contributed by atoms with Crippen LogP contribution in [0.15, 0.2) is 59.6 Å². The number of nitrogens with zero attached hydrogens (tertiary/aromatic N) is 2. The number of likely N-dealkylation sites (tertiary alicyclic amines) is 1. The Kier molecular flexibility index (Phi) is 10.1. The SMILES string of the molecule is CCNC(=NCc1cccc(C(=O)NC)c1)N1CCC(Cc2ccccc2)CC1.I. The minimum Gasteiger partial charge on any atom is -0.357 e. The minimum absolute atomic E-state index is 0. The van der Waals surface area contributed by atoms with Gasteiger partial charge in [0.2, 0.25) is 0 Å². The number of carbonyl (C=O) groups is 1. The maximum atomic E-state index is 11.8. The van der Waals surface area contributed by atoms with Crippen molar-refractivity contribution in [1.82, 2.24) is 15.5 Å². The van der Waals surface area contributed by atoms with Crippen LogP contribution in [0.5, 0.6) is 0 Å². The lowest BCUT2D eigenvalue weighted by molar-refractivity contribution is 0.0963. The highest BCUT2D eigenvalue weighted by molar-refractivity contribution is 14.0. The number of piperidine rings is 1. The summed E-state index contributed by atoms with van der Waals surface area (Å²) in [6, 6.07) is 18.5. The van der Waals surface area contributed by atoms with Gasteiger partial charge in [-0.25, -0.2) is 4.99 Å². The van der Waals surface area contributed by atoms with Crippen LogP contribution >= 0.6 is 24.0 Å². The number of halogens is 1. The molecule has 2 N–H and O–H groups in total. The van der Waals surface area contributed by atoms with E-state index in [9.17, 15) is 4.79 Å². The second-order valence-electron chi connectivity index (χ2n) is 7.57. The number of rotatable bonds is 6. The Morgan fingerprint density at radius 2 is 1.77 bits per heavy atom. The maximum Gasteiger partial charge on any atom is 0.251 e. The van der Waals surface area contributed by atoms with E-state index in [-0.39, 0.29) is 29.9 Å². The number of amides is 1. The first-order valence-electron chi connectivity index (χ1n) is 10.6. The Bertz CT molecular complexity index is 817. The second-order valence-corrected chi connectivity index (χ2v) is 7.57. The molecule has 0 aromatic heterocycles. The van der Waals surface area contributed by atoms with Crippen LogP contribution in [0.4, 0.5) is 0 Å². The minimum atomic E-state index is -0.0665. The first-order chi connectivity index (χ1) is 14.2. The van der Waals surface area contributed by atoms with E-state index in [1.807, 2.05) is 24.3 Å². The van der Waals surface area contributed by atoms with Crippen molar-refractivity contribution in [3.63, 3.8) is 0 Å². The lowest BCUT2D eigenvalue weighted by Gasteiger charge is -2.34. The van der Waals surface area contributed by atoms with Gasteiger partial charge in [0, 0.05) is 32.2 Å². The van der Waals surface area contributed by atoms with Gasteiger partial charge >= 0.3 is 0 Å². The van der Waals surface area contributed by atoms with Crippen molar-refractivity contribution >= 4 is 35.8 Å². The van der Waals surface area contributed by atoms with Crippen LogP contribution in [0.3, 0.4) is 0 Å². The average Bonchev–Trinajstić information content (AvgIpc) is 2.77. The van der Waals surface area contributed by atoms with Gasteiger partial charge in [0.15, 0.2) is 5.96 Å². The monoisotopic (exact) mass is 520 g/mol. The number of aliphatic imine (C=N–C) groups is 1. The summed E-state index contributed by atoms with van der Waals surface area (Å²) < 4.78 is 0. The molecule has 1 heterocycles. The lowest BCUT2D eigenvalue weighted by atomic mass is 9.90. The Morgan fingerprint density at radius 3 is 2.43 bits per heavy atom. The highest BCUT2D eigenvalue weighted by Crippen LogP contribution is 2.22. The zero-order chi connectivity index (χ0) is 20.5. The van der Waals surface area contributed by atoms with E-state index in [4.69, 9.17) is 4.99 Å².